The molecule has 4 N–H and O–H groups in total. The monoisotopic (exact) mass is 472 g/mol. The van der Waals surface area contributed by atoms with Gasteiger partial charge in [-0.25, -0.2) is 9.07 Å². The first-order valence-corrected chi connectivity index (χ1v) is 10.7. The summed E-state index contributed by atoms with van der Waals surface area (Å²) in [6, 6.07) is 17.3. The van der Waals surface area contributed by atoms with Crippen LogP contribution in [0.1, 0.15) is 38.6 Å². The molecule has 10 heteroatoms. The number of halogens is 1. The van der Waals surface area contributed by atoms with E-state index in [0.717, 1.165) is 0 Å². The summed E-state index contributed by atoms with van der Waals surface area (Å²) in [5.74, 6) is -0.672. The quantitative estimate of drug-likeness (QED) is 0.334. The number of amides is 2. The molecular weight excluding hydrogens is 451 g/mol. The van der Waals surface area contributed by atoms with Gasteiger partial charge < -0.3 is 20.8 Å². The fraction of sp³-hybridized carbons (Fsp3) is 0.120. The lowest BCUT2D eigenvalue weighted by atomic mass is 10.1. The summed E-state index contributed by atoms with van der Waals surface area (Å²) in [7, 11) is 0. The molecule has 0 fully saturated rings. The smallest absolute Gasteiger partial charge is 0.291 e. The van der Waals surface area contributed by atoms with Crippen molar-refractivity contribution in [1.82, 2.24) is 15.1 Å². The Morgan fingerprint density at radius 2 is 1.83 bits per heavy atom. The summed E-state index contributed by atoms with van der Waals surface area (Å²) in [5, 5.41) is 19.4. The van der Waals surface area contributed by atoms with Crippen molar-refractivity contribution in [2.45, 2.75) is 12.8 Å². The number of aryl methyl sites for hydroxylation is 1. The van der Waals surface area contributed by atoms with E-state index >= 15 is 0 Å². The lowest BCUT2D eigenvalue weighted by molar-refractivity contribution is 0.0952. The number of nitrogens with one attached hydrogen (secondary N) is 2. The zero-order chi connectivity index (χ0) is 24.8. The molecule has 0 aliphatic heterocycles. The Morgan fingerprint density at radius 3 is 2.49 bits per heavy atom. The fourth-order valence-corrected chi connectivity index (χ4v) is 3.42. The van der Waals surface area contributed by atoms with E-state index in [4.69, 9.17) is 10.2 Å². The van der Waals surface area contributed by atoms with Crippen LogP contribution in [-0.4, -0.2) is 28.1 Å². The van der Waals surface area contributed by atoms with Crippen LogP contribution in [0, 0.1) is 17.1 Å². The third-order valence-corrected chi connectivity index (χ3v) is 5.20. The minimum Gasteiger partial charge on any atom is -0.459 e. The molecule has 0 aliphatic carbocycles. The van der Waals surface area contributed by atoms with Gasteiger partial charge >= 0.3 is 0 Å². The number of anilines is 2. The average molecular weight is 472 g/mol. The molecule has 9 nitrogen and oxygen atoms in total. The molecule has 4 aromatic rings. The van der Waals surface area contributed by atoms with E-state index in [1.807, 2.05) is 0 Å². The number of hydrogen-bond donors (Lipinski definition) is 3. The first-order valence-electron chi connectivity index (χ1n) is 10.7. The Hall–Kier alpha value is -4.91. The molecule has 0 spiro atoms. The van der Waals surface area contributed by atoms with Crippen LogP contribution in [-0.2, 0) is 6.42 Å². The van der Waals surface area contributed by atoms with E-state index in [9.17, 15) is 19.2 Å². The summed E-state index contributed by atoms with van der Waals surface area (Å²) >= 11 is 0. The van der Waals surface area contributed by atoms with E-state index in [2.05, 4.69) is 21.8 Å². The number of nitrogens with two attached hydrogens (primary N) is 1. The van der Waals surface area contributed by atoms with Crippen LogP contribution < -0.4 is 16.4 Å². The Kier molecular flexibility index (Phi) is 6.88. The second-order valence-corrected chi connectivity index (χ2v) is 7.58. The van der Waals surface area contributed by atoms with Crippen LogP contribution in [0.3, 0.4) is 0 Å². The summed E-state index contributed by atoms with van der Waals surface area (Å²) in [5.41, 5.74) is 8.33. The number of aromatic nitrogens is 2. The van der Waals surface area contributed by atoms with Crippen molar-refractivity contribution in [3.05, 3.63) is 95.3 Å². The molecule has 2 amide bonds. The van der Waals surface area contributed by atoms with Crippen molar-refractivity contribution >= 4 is 23.3 Å². The Morgan fingerprint density at radius 1 is 1.09 bits per heavy atom. The maximum absolute atomic E-state index is 13.2. The highest BCUT2D eigenvalue weighted by Gasteiger charge is 2.16. The van der Waals surface area contributed by atoms with Crippen molar-refractivity contribution in [3.8, 4) is 11.8 Å². The number of nitrogens with zero attached hydrogens (tertiary/aromatic N) is 3. The summed E-state index contributed by atoms with van der Waals surface area (Å²) in [4.78, 5) is 24.4. The van der Waals surface area contributed by atoms with Crippen molar-refractivity contribution in [2.24, 2.45) is 0 Å². The molecule has 0 saturated heterocycles. The van der Waals surface area contributed by atoms with Gasteiger partial charge in [0.1, 0.15) is 23.3 Å². The van der Waals surface area contributed by atoms with Gasteiger partial charge in [0.05, 0.1) is 17.6 Å². The number of rotatable bonds is 8. The fourth-order valence-electron chi connectivity index (χ4n) is 3.42. The normalized spacial score (nSPS) is 10.5. The van der Waals surface area contributed by atoms with Gasteiger partial charge in [0, 0.05) is 17.8 Å². The van der Waals surface area contributed by atoms with Gasteiger partial charge in [0.2, 0.25) is 0 Å². The molecule has 0 aliphatic rings. The highest BCUT2D eigenvalue weighted by Crippen LogP contribution is 2.21. The lowest BCUT2D eigenvalue weighted by Crippen LogP contribution is -2.24. The minimum atomic E-state index is -0.385. The van der Waals surface area contributed by atoms with E-state index in [-0.39, 0.29) is 34.8 Å². The highest BCUT2D eigenvalue weighted by molar-refractivity contribution is 6.02. The third kappa shape index (κ3) is 5.36. The zero-order valence-corrected chi connectivity index (χ0v) is 18.5. The first kappa shape index (κ1) is 23.3. The predicted molar refractivity (Wildman–Crippen MR) is 126 cm³/mol. The van der Waals surface area contributed by atoms with Crippen LogP contribution >= 0.6 is 0 Å². The molecule has 4 rings (SSSR count). The van der Waals surface area contributed by atoms with Crippen LogP contribution in [0.4, 0.5) is 15.9 Å². The molecular formula is C25H21FN6O3. The molecule has 0 atom stereocenters. The molecule has 0 bridgehead atoms. The van der Waals surface area contributed by atoms with Gasteiger partial charge in [-0.3, -0.25) is 9.59 Å². The molecule has 2 heterocycles. The standard InChI is InChI=1S/C25H21FN6O3/c26-17-7-11-19(12-8-17)32-23(28)20(15-27)21(31-32)3-1-13-29-24(33)16-5-9-18(10-6-16)30-25(34)22-4-2-14-35-22/h2,4-12,14H,1,3,13,28H2,(H,29,33)(H,30,34). The van der Waals surface area contributed by atoms with Gasteiger partial charge in [-0.15, -0.1) is 0 Å². The van der Waals surface area contributed by atoms with Crippen LogP contribution in [0.2, 0.25) is 0 Å². The van der Waals surface area contributed by atoms with E-state index in [1.54, 1.807) is 36.4 Å². The number of benzene rings is 2. The number of nitriles is 1. The second-order valence-electron chi connectivity index (χ2n) is 7.58. The zero-order valence-electron chi connectivity index (χ0n) is 18.5. The van der Waals surface area contributed by atoms with Crippen molar-refractivity contribution in [3.63, 3.8) is 0 Å². The Bertz CT molecular complexity index is 1370. The summed E-state index contributed by atoms with van der Waals surface area (Å²) in [6.07, 6.45) is 2.35. The van der Waals surface area contributed by atoms with Gasteiger partial charge in [-0.1, -0.05) is 0 Å². The van der Waals surface area contributed by atoms with Gasteiger partial charge in [0.25, 0.3) is 11.8 Å². The molecule has 35 heavy (non-hydrogen) atoms. The summed E-state index contributed by atoms with van der Waals surface area (Å²) in [6.45, 7) is 0.351. The van der Waals surface area contributed by atoms with Crippen LogP contribution in [0.25, 0.3) is 5.69 Å². The number of carbonyl (C=O) groups excluding carboxylic acids is 2. The average Bonchev–Trinajstić information content (AvgIpc) is 3.51. The maximum atomic E-state index is 13.2. The van der Waals surface area contributed by atoms with Gasteiger partial charge in [0.15, 0.2) is 5.76 Å². The Balaban J connectivity index is 1.30. The Labute approximate surface area is 200 Å². The first-order chi connectivity index (χ1) is 17.0. The van der Waals surface area contributed by atoms with E-state index < -0.39 is 0 Å². The van der Waals surface area contributed by atoms with Gasteiger partial charge in [-0.05, 0) is 73.5 Å². The third-order valence-electron chi connectivity index (χ3n) is 5.20. The predicted octanol–water partition coefficient (Wildman–Crippen LogP) is 3.67. The number of furan rings is 1. The highest BCUT2D eigenvalue weighted by atomic mass is 19.1. The number of carbonyl (C=O) groups is 2. The van der Waals surface area contributed by atoms with E-state index in [0.29, 0.717) is 42.0 Å². The lowest BCUT2D eigenvalue weighted by Gasteiger charge is -2.07. The van der Waals surface area contributed by atoms with Crippen LogP contribution in [0.15, 0.2) is 71.3 Å². The van der Waals surface area contributed by atoms with Gasteiger partial charge in [-0.2, -0.15) is 10.4 Å². The minimum absolute atomic E-state index is 0.178. The number of hydrogen-bond acceptors (Lipinski definition) is 6. The topological polar surface area (TPSA) is 139 Å². The molecule has 0 radical (unpaired) electrons. The van der Waals surface area contributed by atoms with Crippen LogP contribution in [0.5, 0.6) is 0 Å². The molecule has 0 unspecified atom stereocenters. The molecule has 0 saturated carbocycles. The molecule has 176 valence electrons. The molecule has 2 aromatic heterocycles. The summed E-state index contributed by atoms with van der Waals surface area (Å²) < 4.78 is 19.6. The number of nitrogen functional groups attached to an aromatic ring is 1. The van der Waals surface area contributed by atoms with E-state index in [1.165, 1.54) is 35.2 Å². The van der Waals surface area contributed by atoms with Crippen molar-refractivity contribution in [1.29, 1.82) is 5.26 Å². The van der Waals surface area contributed by atoms with Crippen molar-refractivity contribution in [2.75, 3.05) is 17.6 Å². The van der Waals surface area contributed by atoms with Crippen molar-refractivity contribution < 1.29 is 18.4 Å². The molecule has 2 aromatic carbocycles. The maximum Gasteiger partial charge on any atom is 0.291 e. The second kappa shape index (κ2) is 10.4. The SMILES string of the molecule is N#Cc1c(CCCNC(=O)c2ccc(NC(=O)c3ccco3)cc2)nn(-c2ccc(F)cc2)c1N. The largest absolute Gasteiger partial charge is 0.459 e.